The van der Waals surface area contributed by atoms with E-state index in [-0.39, 0.29) is 12.6 Å². The first-order valence-corrected chi connectivity index (χ1v) is 13.1. The summed E-state index contributed by atoms with van der Waals surface area (Å²) in [7, 11) is 2.15. The Bertz CT molecular complexity index is 1460. The maximum absolute atomic E-state index is 13.3. The minimum Gasteiger partial charge on any atom is -0.454 e. The number of fused-ring (bicyclic) bond motifs is 1. The lowest BCUT2D eigenvalue weighted by molar-refractivity contribution is 0.174. The van der Waals surface area contributed by atoms with Crippen LogP contribution in [0.15, 0.2) is 71.3 Å². The van der Waals surface area contributed by atoms with Crippen molar-refractivity contribution >= 4 is 44.8 Å². The Hall–Kier alpha value is -3.89. The number of ether oxygens (including phenoxy) is 2. The van der Waals surface area contributed by atoms with E-state index in [0.29, 0.717) is 16.2 Å². The highest BCUT2D eigenvalue weighted by Crippen LogP contribution is 2.40. The molecule has 2 aliphatic heterocycles. The summed E-state index contributed by atoms with van der Waals surface area (Å²) in [4.78, 5) is 13.8. The van der Waals surface area contributed by atoms with Gasteiger partial charge in [0.2, 0.25) is 12.7 Å². The van der Waals surface area contributed by atoms with E-state index in [9.17, 15) is 4.39 Å². The summed E-state index contributed by atoms with van der Waals surface area (Å²) >= 11 is 3.49. The van der Waals surface area contributed by atoms with Crippen molar-refractivity contribution in [3.63, 3.8) is 0 Å². The molecule has 2 aliphatic rings. The van der Waals surface area contributed by atoms with Gasteiger partial charge in [0.15, 0.2) is 11.5 Å². The molecule has 1 saturated heterocycles. The van der Waals surface area contributed by atoms with Gasteiger partial charge in [-0.15, -0.1) is 0 Å². The lowest BCUT2D eigenvalue weighted by Crippen LogP contribution is -2.44. The van der Waals surface area contributed by atoms with Crippen LogP contribution < -0.4 is 25.0 Å². The Kier molecular flexibility index (Phi) is 6.73. The number of halogens is 2. The van der Waals surface area contributed by atoms with Gasteiger partial charge >= 0.3 is 0 Å². The molecular weight excluding hydrogens is 551 g/mol. The number of likely N-dealkylation sites (N-methyl/N-ethyl adjacent to an activating group) is 1. The van der Waals surface area contributed by atoms with Crippen molar-refractivity contribution in [2.75, 3.05) is 55.6 Å². The first kappa shape index (κ1) is 24.4. The van der Waals surface area contributed by atoms with E-state index in [0.717, 1.165) is 65.9 Å². The molecule has 3 heterocycles. The van der Waals surface area contributed by atoms with Gasteiger partial charge in [0.05, 0.1) is 4.47 Å². The van der Waals surface area contributed by atoms with Crippen molar-refractivity contribution < 1.29 is 13.9 Å². The van der Waals surface area contributed by atoms with E-state index in [2.05, 4.69) is 71.6 Å². The largest absolute Gasteiger partial charge is 0.454 e. The van der Waals surface area contributed by atoms with Crippen LogP contribution in [-0.2, 0) is 0 Å². The number of aromatic nitrogens is 2. The maximum atomic E-state index is 13.3. The van der Waals surface area contributed by atoms with E-state index in [1.807, 2.05) is 18.2 Å². The minimum atomic E-state index is -0.294. The van der Waals surface area contributed by atoms with Crippen molar-refractivity contribution in [1.29, 1.82) is 0 Å². The quantitative estimate of drug-likeness (QED) is 0.289. The Morgan fingerprint density at radius 3 is 2.45 bits per heavy atom. The molecule has 1 fully saturated rings. The Morgan fingerprint density at radius 2 is 1.63 bits per heavy atom. The van der Waals surface area contributed by atoms with Crippen molar-refractivity contribution in [3.8, 4) is 22.6 Å². The predicted octanol–water partition coefficient (Wildman–Crippen LogP) is 6.01. The summed E-state index contributed by atoms with van der Waals surface area (Å²) in [6.07, 6.45) is 1.68. The number of nitrogens with zero attached hydrogens (tertiary/aromatic N) is 4. The summed E-state index contributed by atoms with van der Waals surface area (Å²) < 4.78 is 25.2. The van der Waals surface area contributed by atoms with Crippen LogP contribution >= 0.6 is 15.9 Å². The second-order valence-electron chi connectivity index (χ2n) is 9.24. The normalized spacial score (nSPS) is 15.0. The SMILES string of the molecule is CN1CCN(c2ccc(Nc3ncc(Br)c(Nc4ccc(F)cc4)n3)cc2-c2ccc3c(c2)OCO3)CC1. The topological polar surface area (TPSA) is 74.8 Å². The standard InChI is InChI=1S/C28H26BrFN6O2/c1-35-10-12-36(13-11-35)24-8-7-21(15-22(24)18-2-9-25-26(14-18)38-17-37-25)33-28-31-16-23(29)27(34-28)32-20-5-3-19(30)4-6-20/h2-9,14-16H,10-13,17H2,1H3,(H2,31,32,33,34). The molecule has 0 unspecified atom stereocenters. The zero-order chi connectivity index (χ0) is 26.1. The van der Waals surface area contributed by atoms with Gasteiger partial charge in [-0.25, -0.2) is 9.37 Å². The van der Waals surface area contributed by atoms with Crippen LogP contribution in [0.5, 0.6) is 11.5 Å². The monoisotopic (exact) mass is 576 g/mol. The van der Waals surface area contributed by atoms with E-state index in [1.165, 1.54) is 12.1 Å². The highest BCUT2D eigenvalue weighted by Gasteiger charge is 2.21. The average molecular weight is 577 g/mol. The lowest BCUT2D eigenvalue weighted by atomic mass is 10.0. The van der Waals surface area contributed by atoms with Gasteiger partial charge in [-0.3, -0.25) is 0 Å². The van der Waals surface area contributed by atoms with Crippen LogP contribution in [0, 0.1) is 5.82 Å². The average Bonchev–Trinajstić information content (AvgIpc) is 3.40. The fourth-order valence-electron chi connectivity index (χ4n) is 4.55. The Balaban J connectivity index is 1.31. The fourth-order valence-corrected chi connectivity index (χ4v) is 4.84. The fraction of sp³-hybridized carbons (Fsp3) is 0.214. The molecule has 10 heteroatoms. The van der Waals surface area contributed by atoms with E-state index in [4.69, 9.17) is 9.47 Å². The second-order valence-corrected chi connectivity index (χ2v) is 10.1. The van der Waals surface area contributed by atoms with Crippen molar-refractivity contribution in [3.05, 3.63) is 77.2 Å². The molecule has 2 N–H and O–H groups in total. The molecule has 0 aliphatic carbocycles. The number of benzene rings is 3. The van der Waals surface area contributed by atoms with Crippen LogP contribution in [0.25, 0.3) is 11.1 Å². The third-order valence-electron chi connectivity index (χ3n) is 6.63. The molecule has 6 rings (SSSR count). The molecule has 4 aromatic rings. The Labute approximate surface area is 228 Å². The zero-order valence-electron chi connectivity index (χ0n) is 20.7. The van der Waals surface area contributed by atoms with Crippen LogP contribution in [0.1, 0.15) is 0 Å². The van der Waals surface area contributed by atoms with E-state index < -0.39 is 0 Å². The van der Waals surface area contributed by atoms with Crippen molar-refractivity contribution in [2.24, 2.45) is 0 Å². The highest BCUT2D eigenvalue weighted by atomic mass is 79.9. The minimum absolute atomic E-state index is 0.237. The molecular formula is C28H26BrFN6O2. The number of anilines is 5. The first-order valence-electron chi connectivity index (χ1n) is 12.3. The third kappa shape index (κ3) is 5.23. The summed E-state index contributed by atoms with van der Waals surface area (Å²) in [5.41, 5.74) is 4.86. The number of piperazine rings is 1. The summed E-state index contributed by atoms with van der Waals surface area (Å²) in [5, 5.41) is 6.54. The zero-order valence-corrected chi connectivity index (χ0v) is 22.3. The summed E-state index contributed by atoms with van der Waals surface area (Å²) in [5.74, 6) is 2.21. The van der Waals surface area contributed by atoms with Gasteiger partial charge in [0, 0.05) is 55.0 Å². The van der Waals surface area contributed by atoms with Gasteiger partial charge in [-0.05, 0) is 83.1 Å². The summed E-state index contributed by atoms with van der Waals surface area (Å²) in [6.45, 7) is 4.17. The third-order valence-corrected chi connectivity index (χ3v) is 7.21. The molecule has 0 atom stereocenters. The van der Waals surface area contributed by atoms with Crippen molar-refractivity contribution in [2.45, 2.75) is 0 Å². The lowest BCUT2D eigenvalue weighted by Gasteiger charge is -2.35. The van der Waals surface area contributed by atoms with Gasteiger partial charge in [0.25, 0.3) is 0 Å². The molecule has 8 nitrogen and oxygen atoms in total. The predicted molar refractivity (Wildman–Crippen MR) is 150 cm³/mol. The number of hydrogen-bond donors (Lipinski definition) is 2. The molecule has 0 saturated carbocycles. The molecule has 0 amide bonds. The van der Waals surface area contributed by atoms with Crippen molar-refractivity contribution in [1.82, 2.24) is 14.9 Å². The van der Waals surface area contributed by atoms with Crippen LogP contribution in [0.2, 0.25) is 0 Å². The van der Waals surface area contributed by atoms with Gasteiger partial charge in [0.1, 0.15) is 11.6 Å². The van der Waals surface area contributed by atoms with E-state index >= 15 is 0 Å². The van der Waals surface area contributed by atoms with Gasteiger partial charge in [-0.2, -0.15) is 4.98 Å². The number of rotatable bonds is 6. The van der Waals surface area contributed by atoms with Gasteiger partial charge < -0.3 is 29.9 Å². The molecule has 0 bridgehead atoms. The summed E-state index contributed by atoms with van der Waals surface area (Å²) in [6, 6.07) is 18.5. The smallest absolute Gasteiger partial charge is 0.231 e. The molecule has 38 heavy (non-hydrogen) atoms. The number of hydrogen-bond acceptors (Lipinski definition) is 8. The van der Waals surface area contributed by atoms with E-state index in [1.54, 1.807) is 18.3 Å². The first-order chi connectivity index (χ1) is 18.5. The molecule has 194 valence electrons. The van der Waals surface area contributed by atoms with Crippen LogP contribution in [0.3, 0.4) is 0 Å². The maximum Gasteiger partial charge on any atom is 0.231 e. The molecule has 3 aromatic carbocycles. The molecule has 1 aromatic heterocycles. The van der Waals surface area contributed by atoms with Gasteiger partial charge in [-0.1, -0.05) is 6.07 Å². The van der Waals surface area contributed by atoms with Crippen LogP contribution in [0.4, 0.5) is 33.2 Å². The highest BCUT2D eigenvalue weighted by molar-refractivity contribution is 9.10. The van der Waals surface area contributed by atoms with Crippen LogP contribution in [-0.4, -0.2) is 54.9 Å². The second kappa shape index (κ2) is 10.5. The Morgan fingerprint density at radius 1 is 0.868 bits per heavy atom. The number of nitrogens with one attached hydrogen (secondary N) is 2. The molecule has 0 radical (unpaired) electrons. The molecule has 0 spiro atoms.